The van der Waals surface area contributed by atoms with Gasteiger partial charge < -0.3 is 25.2 Å². The van der Waals surface area contributed by atoms with Crippen molar-refractivity contribution in [1.29, 1.82) is 0 Å². The summed E-state index contributed by atoms with van der Waals surface area (Å²) in [6.45, 7) is 6.28. The lowest BCUT2D eigenvalue weighted by Gasteiger charge is -2.38. The average Bonchev–Trinajstić information content (AvgIpc) is 3.47. The van der Waals surface area contributed by atoms with Crippen LogP contribution in [-0.2, 0) is 4.79 Å². The topological polar surface area (TPSA) is 113 Å². The molecule has 0 saturated carbocycles. The largest absolute Gasteiger partial charge is 0.457 e. The molecule has 3 heterocycles. The maximum Gasteiger partial charge on any atom is 0.275 e. The number of carbonyl (C=O) groups is 2. The molecule has 1 saturated heterocycles. The van der Waals surface area contributed by atoms with Crippen LogP contribution < -0.4 is 20.3 Å². The molecule has 5 rings (SSSR count). The average molecular weight is 558 g/mol. The highest BCUT2D eigenvalue weighted by Gasteiger charge is 2.26. The number of nitrogens with zero attached hydrogens (tertiary/aromatic N) is 5. The van der Waals surface area contributed by atoms with E-state index in [9.17, 15) is 9.59 Å². The molecular formula is C29H31N7O3S. The molecule has 1 aliphatic rings. The number of nitrogens with one attached hydrogen (secondary N) is 2. The van der Waals surface area contributed by atoms with Gasteiger partial charge in [-0.15, -0.1) is 11.3 Å². The zero-order chi connectivity index (χ0) is 28.1. The van der Waals surface area contributed by atoms with E-state index >= 15 is 0 Å². The summed E-state index contributed by atoms with van der Waals surface area (Å²) in [5.74, 6) is 1.16. The Labute approximate surface area is 237 Å². The molecular weight excluding hydrogens is 526 g/mol. The third-order valence-electron chi connectivity index (χ3n) is 6.77. The zero-order valence-corrected chi connectivity index (χ0v) is 23.4. The van der Waals surface area contributed by atoms with Crippen LogP contribution in [0.4, 0.5) is 11.4 Å². The van der Waals surface area contributed by atoms with E-state index in [1.807, 2.05) is 55.5 Å². The van der Waals surface area contributed by atoms with Gasteiger partial charge in [0.2, 0.25) is 5.91 Å². The van der Waals surface area contributed by atoms with Gasteiger partial charge >= 0.3 is 0 Å². The number of piperazine rings is 1. The minimum Gasteiger partial charge on any atom is -0.457 e. The summed E-state index contributed by atoms with van der Waals surface area (Å²) in [5.41, 5.74) is 3.59. The highest BCUT2D eigenvalue weighted by atomic mass is 32.1. The van der Waals surface area contributed by atoms with E-state index in [1.165, 1.54) is 11.3 Å². The van der Waals surface area contributed by atoms with Gasteiger partial charge in [0.25, 0.3) is 5.91 Å². The number of hydrogen-bond donors (Lipinski definition) is 2. The summed E-state index contributed by atoms with van der Waals surface area (Å²) in [6.07, 6.45) is 3.22. The van der Waals surface area contributed by atoms with Gasteiger partial charge in [0.1, 0.15) is 22.2 Å². The molecule has 0 bridgehead atoms. The van der Waals surface area contributed by atoms with Crippen LogP contribution in [0.15, 0.2) is 66.3 Å². The number of likely N-dealkylation sites (N-methyl/N-ethyl adjacent to an activating group) is 1. The Morgan fingerprint density at radius 1 is 1.18 bits per heavy atom. The van der Waals surface area contributed by atoms with Crippen molar-refractivity contribution in [1.82, 2.24) is 25.4 Å². The highest BCUT2D eigenvalue weighted by Crippen LogP contribution is 2.39. The maximum atomic E-state index is 13.4. The molecule has 2 aromatic heterocycles. The first-order valence-electron chi connectivity index (χ1n) is 13.0. The summed E-state index contributed by atoms with van der Waals surface area (Å²) in [7, 11) is 1.80. The number of carbonyl (C=O) groups excluding carboxylic acids is 2. The lowest BCUT2D eigenvalue weighted by Crippen LogP contribution is -2.55. The van der Waals surface area contributed by atoms with Crippen molar-refractivity contribution < 1.29 is 14.3 Å². The first-order chi connectivity index (χ1) is 19.4. The Kier molecular flexibility index (Phi) is 8.32. The number of anilines is 2. The molecule has 0 unspecified atom stereocenters. The monoisotopic (exact) mass is 557 g/mol. The fourth-order valence-electron chi connectivity index (χ4n) is 4.64. The maximum absolute atomic E-state index is 13.4. The van der Waals surface area contributed by atoms with Crippen LogP contribution in [0.25, 0.3) is 10.6 Å². The molecule has 40 heavy (non-hydrogen) atoms. The number of para-hydroxylation sites is 1. The first kappa shape index (κ1) is 27.2. The van der Waals surface area contributed by atoms with Crippen molar-refractivity contribution in [3.63, 3.8) is 0 Å². The number of ether oxygens (including phenoxy) is 1. The minimum absolute atomic E-state index is 0.0199. The third-order valence-corrected chi connectivity index (χ3v) is 7.66. The molecule has 206 valence electrons. The van der Waals surface area contributed by atoms with E-state index in [0.717, 1.165) is 35.7 Å². The fraction of sp³-hybridized carbons (Fsp3) is 0.276. The standard InChI is InChI=1S/C29H31N7O3S/c1-19-26(39-23-7-5-4-6-8-23)10-9-24(27(19)36-14-13-30-22(17-36)16-35(3)20(2)37)33-28(38)25-18-40-29(34-25)21-11-12-31-32-15-21/h4-12,15,18,22,30H,13-14,16-17H2,1-3H3,(H,33,38)/t22-/m0/s1. The van der Waals surface area contributed by atoms with Gasteiger partial charge in [-0.3, -0.25) is 9.59 Å². The summed E-state index contributed by atoms with van der Waals surface area (Å²) in [4.78, 5) is 33.7. The Morgan fingerprint density at radius 2 is 2.00 bits per heavy atom. The molecule has 4 aromatic rings. The SMILES string of the molecule is CC(=O)N(C)C[C@H]1CN(c2c(NC(=O)c3csc(-c4ccnnc4)n3)ccc(Oc3ccccc3)c2C)CCN1. The molecule has 2 amide bonds. The van der Waals surface area contributed by atoms with Crippen LogP contribution in [-0.4, -0.2) is 71.2 Å². The number of hydrogen-bond acceptors (Lipinski definition) is 9. The van der Waals surface area contributed by atoms with E-state index in [2.05, 4.69) is 30.7 Å². The lowest BCUT2D eigenvalue weighted by molar-refractivity contribution is -0.127. The van der Waals surface area contributed by atoms with E-state index in [0.29, 0.717) is 35.2 Å². The van der Waals surface area contributed by atoms with Gasteiger partial charge in [-0.1, -0.05) is 18.2 Å². The zero-order valence-electron chi connectivity index (χ0n) is 22.6. The normalized spacial score (nSPS) is 15.0. The number of benzene rings is 2. The summed E-state index contributed by atoms with van der Waals surface area (Å²) in [5, 5.41) is 16.7. The Morgan fingerprint density at radius 3 is 2.75 bits per heavy atom. The van der Waals surface area contributed by atoms with Crippen LogP contribution in [0, 0.1) is 6.92 Å². The first-order valence-corrected chi connectivity index (χ1v) is 13.9. The van der Waals surface area contributed by atoms with E-state index < -0.39 is 0 Å². The lowest BCUT2D eigenvalue weighted by atomic mass is 10.1. The van der Waals surface area contributed by atoms with E-state index in [-0.39, 0.29) is 17.9 Å². The predicted octanol–water partition coefficient (Wildman–Crippen LogP) is 4.21. The van der Waals surface area contributed by atoms with Gasteiger partial charge in [-0.2, -0.15) is 10.2 Å². The third kappa shape index (κ3) is 6.27. The molecule has 0 aliphatic carbocycles. The van der Waals surface area contributed by atoms with Crippen LogP contribution in [0.2, 0.25) is 0 Å². The van der Waals surface area contributed by atoms with Crippen molar-refractivity contribution in [3.8, 4) is 22.1 Å². The minimum atomic E-state index is -0.301. The van der Waals surface area contributed by atoms with E-state index in [4.69, 9.17) is 4.74 Å². The fourth-order valence-corrected chi connectivity index (χ4v) is 5.43. The Hall–Kier alpha value is -4.35. The van der Waals surface area contributed by atoms with Crippen molar-refractivity contribution in [2.75, 3.05) is 43.4 Å². The molecule has 1 atom stereocenters. The molecule has 1 fully saturated rings. The number of rotatable bonds is 8. The smallest absolute Gasteiger partial charge is 0.275 e. The van der Waals surface area contributed by atoms with E-state index in [1.54, 1.807) is 36.6 Å². The molecule has 10 nitrogen and oxygen atoms in total. The van der Waals surface area contributed by atoms with Crippen molar-refractivity contribution >= 4 is 34.5 Å². The van der Waals surface area contributed by atoms with Crippen LogP contribution >= 0.6 is 11.3 Å². The summed E-state index contributed by atoms with van der Waals surface area (Å²) >= 11 is 1.38. The molecule has 2 aromatic carbocycles. The van der Waals surface area contributed by atoms with Crippen LogP contribution in [0.3, 0.4) is 0 Å². The van der Waals surface area contributed by atoms with Crippen LogP contribution in [0.5, 0.6) is 11.5 Å². The van der Waals surface area contributed by atoms with Gasteiger partial charge in [0.05, 0.1) is 23.8 Å². The second-order valence-corrected chi connectivity index (χ2v) is 10.5. The number of aromatic nitrogens is 3. The van der Waals surface area contributed by atoms with Crippen LogP contribution in [0.1, 0.15) is 23.0 Å². The second kappa shape index (κ2) is 12.2. The Bertz CT molecular complexity index is 1480. The quantitative estimate of drug-likeness (QED) is 0.331. The predicted molar refractivity (Wildman–Crippen MR) is 156 cm³/mol. The molecule has 1 aliphatic heterocycles. The van der Waals surface area contributed by atoms with Gasteiger partial charge in [-0.05, 0) is 37.3 Å². The molecule has 0 spiro atoms. The Balaban J connectivity index is 1.44. The van der Waals surface area contributed by atoms with Gasteiger partial charge in [-0.25, -0.2) is 4.98 Å². The number of amides is 2. The highest BCUT2D eigenvalue weighted by molar-refractivity contribution is 7.13. The van der Waals surface area contributed by atoms with Gasteiger partial charge in [0, 0.05) is 62.7 Å². The molecule has 2 N–H and O–H groups in total. The molecule has 11 heteroatoms. The summed E-state index contributed by atoms with van der Waals surface area (Å²) in [6, 6.07) is 15.2. The number of thiazole rings is 1. The van der Waals surface area contributed by atoms with Crippen molar-refractivity contribution in [2.45, 2.75) is 19.9 Å². The van der Waals surface area contributed by atoms with Gasteiger partial charge in [0.15, 0.2) is 0 Å². The second-order valence-electron chi connectivity index (χ2n) is 9.62. The molecule has 0 radical (unpaired) electrons. The van der Waals surface area contributed by atoms with Crippen molar-refractivity contribution in [2.24, 2.45) is 0 Å². The van der Waals surface area contributed by atoms with Crippen molar-refractivity contribution in [3.05, 3.63) is 77.6 Å². The summed E-state index contributed by atoms with van der Waals surface area (Å²) < 4.78 is 6.23.